The summed E-state index contributed by atoms with van der Waals surface area (Å²) in [6, 6.07) is 0. The van der Waals surface area contributed by atoms with Crippen LogP contribution in [0.15, 0.2) is 0 Å². The second-order valence-electron chi connectivity index (χ2n) is 4.68. The minimum Gasteiger partial charge on any atom is -0.374 e. The van der Waals surface area contributed by atoms with Crippen LogP contribution in [0.4, 0.5) is 0 Å². The van der Waals surface area contributed by atoms with Crippen LogP contribution in [0, 0.1) is 11.8 Å². The van der Waals surface area contributed by atoms with Gasteiger partial charge in [0.2, 0.25) is 5.91 Å². The molecule has 0 bridgehead atoms. The molecule has 1 saturated heterocycles. The maximum atomic E-state index is 12.0. The Bertz CT molecular complexity index is 247. The number of carbonyl (C=O) groups excluding carboxylic acids is 1. The van der Waals surface area contributed by atoms with Crippen LogP contribution < -0.4 is 5.32 Å². The molecule has 1 aliphatic rings. The summed E-state index contributed by atoms with van der Waals surface area (Å²) in [7, 11) is 0. The van der Waals surface area contributed by atoms with Crippen LogP contribution in [0.1, 0.15) is 34.1 Å². The first kappa shape index (κ1) is 14.0. The van der Waals surface area contributed by atoms with E-state index in [2.05, 4.69) is 35.1 Å². The van der Waals surface area contributed by atoms with Crippen molar-refractivity contribution in [3.8, 4) is 0 Å². The molecule has 1 fully saturated rings. The van der Waals surface area contributed by atoms with E-state index in [1.165, 1.54) is 0 Å². The number of ether oxygens (including phenoxy) is 1. The molecule has 4 heteroatoms. The third-order valence-corrected chi connectivity index (χ3v) is 4.46. The van der Waals surface area contributed by atoms with Crippen LogP contribution in [0.5, 0.6) is 0 Å². The lowest BCUT2D eigenvalue weighted by atomic mass is 9.89. The van der Waals surface area contributed by atoms with Gasteiger partial charge >= 0.3 is 0 Å². The quantitative estimate of drug-likeness (QED) is 0.808. The van der Waals surface area contributed by atoms with E-state index in [0.29, 0.717) is 17.3 Å². The smallest absolute Gasteiger partial charge is 0.226 e. The van der Waals surface area contributed by atoms with Crippen molar-refractivity contribution >= 4 is 21.8 Å². The second-order valence-corrected chi connectivity index (χ2v) is 5.98. The van der Waals surface area contributed by atoms with Crippen molar-refractivity contribution in [3.63, 3.8) is 0 Å². The SMILES string of the molecule is CCC(Br)CNC(=O)C1C(C)OC(C)C1C. The van der Waals surface area contributed by atoms with Gasteiger partial charge in [-0.3, -0.25) is 4.79 Å². The number of halogens is 1. The van der Waals surface area contributed by atoms with Gasteiger partial charge in [0.05, 0.1) is 18.1 Å². The van der Waals surface area contributed by atoms with Crippen LogP contribution >= 0.6 is 15.9 Å². The van der Waals surface area contributed by atoms with Crippen molar-refractivity contribution in [3.05, 3.63) is 0 Å². The number of hydrogen-bond donors (Lipinski definition) is 1. The fraction of sp³-hybridized carbons (Fsp3) is 0.917. The Morgan fingerprint density at radius 2 is 2.00 bits per heavy atom. The third kappa shape index (κ3) is 3.20. The highest BCUT2D eigenvalue weighted by atomic mass is 79.9. The number of rotatable bonds is 4. The first-order valence-corrected chi connectivity index (χ1v) is 6.96. The molecular formula is C12H22BrNO2. The van der Waals surface area contributed by atoms with Gasteiger partial charge in [-0.25, -0.2) is 0 Å². The van der Waals surface area contributed by atoms with Crippen molar-refractivity contribution in [2.24, 2.45) is 11.8 Å². The molecule has 1 amide bonds. The molecule has 94 valence electrons. The van der Waals surface area contributed by atoms with E-state index < -0.39 is 0 Å². The van der Waals surface area contributed by atoms with Gasteiger partial charge in [-0.05, 0) is 26.2 Å². The third-order valence-electron chi connectivity index (χ3n) is 3.49. The summed E-state index contributed by atoms with van der Waals surface area (Å²) in [6.07, 6.45) is 1.22. The van der Waals surface area contributed by atoms with Crippen LogP contribution in [-0.2, 0) is 9.53 Å². The van der Waals surface area contributed by atoms with Crippen LogP contribution in [0.2, 0.25) is 0 Å². The molecular weight excluding hydrogens is 270 g/mol. The zero-order valence-electron chi connectivity index (χ0n) is 10.5. The molecule has 1 N–H and O–H groups in total. The summed E-state index contributed by atoms with van der Waals surface area (Å²) < 4.78 is 5.67. The molecule has 1 heterocycles. The van der Waals surface area contributed by atoms with E-state index in [9.17, 15) is 4.79 Å². The van der Waals surface area contributed by atoms with E-state index in [-0.39, 0.29) is 24.0 Å². The molecule has 5 unspecified atom stereocenters. The highest BCUT2D eigenvalue weighted by Crippen LogP contribution is 2.32. The Labute approximate surface area is 106 Å². The highest BCUT2D eigenvalue weighted by Gasteiger charge is 2.41. The van der Waals surface area contributed by atoms with E-state index in [1.54, 1.807) is 0 Å². The highest BCUT2D eigenvalue weighted by molar-refractivity contribution is 9.09. The summed E-state index contributed by atoms with van der Waals surface area (Å²) in [5.41, 5.74) is 0. The summed E-state index contributed by atoms with van der Waals surface area (Å²) in [6.45, 7) is 8.89. The maximum Gasteiger partial charge on any atom is 0.226 e. The predicted molar refractivity (Wildman–Crippen MR) is 68.7 cm³/mol. The summed E-state index contributed by atoms with van der Waals surface area (Å²) in [5, 5.41) is 2.99. The van der Waals surface area contributed by atoms with Crippen LogP contribution in [0.25, 0.3) is 0 Å². The van der Waals surface area contributed by atoms with Crippen molar-refractivity contribution in [1.29, 1.82) is 0 Å². The van der Waals surface area contributed by atoms with Crippen LogP contribution in [0.3, 0.4) is 0 Å². The molecule has 0 aromatic rings. The second kappa shape index (κ2) is 6.01. The molecule has 0 aromatic carbocycles. The fourth-order valence-electron chi connectivity index (χ4n) is 2.19. The van der Waals surface area contributed by atoms with Gasteiger partial charge in [0, 0.05) is 11.4 Å². The molecule has 0 radical (unpaired) electrons. The zero-order valence-corrected chi connectivity index (χ0v) is 12.1. The Kier molecular flexibility index (Phi) is 5.25. The van der Waals surface area contributed by atoms with Gasteiger partial charge in [0.1, 0.15) is 0 Å². The number of carbonyl (C=O) groups is 1. The molecule has 0 saturated carbocycles. The monoisotopic (exact) mass is 291 g/mol. The average molecular weight is 292 g/mol. The molecule has 16 heavy (non-hydrogen) atoms. The van der Waals surface area contributed by atoms with Gasteiger partial charge in [-0.1, -0.05) is 29.8 Å². The van der Waals surface area contributed by atoms with Crippen molar-refractivity contribution in [2.75, 3.05) is 6.54 Å². The van der Waals surface area contributed by atoms with Crippen molar-refractivity contribution in [2.45, 2.75) is 51.2 Å². The Morgan fingerprint density at radius 3 is 2.44 bits per heavy atom. The van der Waals surface area contributed by atoms with Crippen molar-refractivity contribution < 1.29 is 9.53 Å². The lowest BCUT2D eigenvalue weighted by molar-refractivity contribution is -0.127. The number of hydrogen-bond acceptors (Lipinski definition) is 2. The Morgan fingerprint density at radius 1 is 1.38 bits per heavy atom. The Hall–Kier alpha value is -0.0900. The zero-order chi connectivity index (χ0) is 12.3. The summed E-state index contributed by atoms with van der Waals surface area (Å²) >= 11 is 3.51. The molecule has 0 spiro atoms. The lowest BCUT2D eigenvalue weighted by Crippen LogP contribution is -2.39. The van der Waals surface area contributed by atoms with Gasteiger partial charge < -0.3 is 10.1 Å². The summed E-state index contributed by atoms with van der Waals surface area (Å²) in [4.78, 5) is 12.4. The fourth-order valence-corrected chi connectivity index (χ4v) is 2.35. The normalized spacial score (nSPS) is 36.1. The maximum absolute atomic E-state index is 12.0. The van der Waals surface area contributed by atoms with E-state index in [4.69, 9.17) is 4.74 Å². The topological polar surface area (TPSA) is 38.3 Å². The van der Waals surface area contributed by atoms with E-state index in [1.807, 2.05) is 13.8 Å². The lowest BCUT2D eigenvalue weighted by Gasteiger charge is -2.18. The van der Waals surface area contributed by atoms with Gasteiger partial charge in [-0.15, -0.1) is 0 Å². The average Bonchev–Trinajstić information content (AvgIpc) is 2.49. The summed E-state index contributed by atoms with van der Waals surface area (Å²) in [5.74, 6) is 0.416. The molecule has 3 nitrogen and oxygen atoms in total. The first-order chi connectivity index (χ1) is 7.47. The minimum absolute atomic E-state index is 0.00782. The molecule has 0 aliphatic carbocycles. The molecule has 1 aliphatic heterocycles. The van der Waals surface area contributed by atoms with Crippen molar-refractivity contribution in [1.82, 2.24) is 5.32 Å². The van der Waals surface area contributed by atoms with Gasteiger partial charge in [-0.2, -0.15) is 0 Å². The van der Waals surface area contributed by atoms with Gasteiger partial charge in [0.25, 0.3) is 0 Å². The van der Waals surface area contributed by atoms with E-state index in [0.717, 1.165) is 6.42 Å². The first-order valence-electron chi connectivity index (χ1n) is 6.04. The van der Waals surface area contributed by atoms with Crippen LogP contribution in [-0.4, -0.2) is 29.5 Å². The minimum atomic E-state index is -0.00782. The number of nitrogens with one attached hydrogen (secondary N) is 1. The largest absolute Gasteiger partial charge is 0.374 e. The molecule has 5 atom stereocenters. The number of amides is 1. The molecule has 1 rings (SSSR count). The number of alkyl halides is 1. The Balaban J connectivity index is 2.47. The predicted octanol–water partition coefficient (Wildman–Crippen LogP) is 2.34. The van der Waals surface area contributed by atoms with E-state index >= 15 is 0 Å². The standard InChI is InChI=1S/C12H22BrNO2/c1-5-10(13)6-14-12(15)11-7(2)8(3)16-9(11)4/h7-11H,5-6H2,1-4H3,(H,14,15). The molecule has 0 aromatic heterocycles. The van der Waals surface area contributed by atoms with Gasteiger partial charge in [0.15, 0.2) is 0 Å².